The van der Waals surface area contributed by atoms with E-state index in [0.29, 0.717) is 16.5 Å². The molecule has 1 aromatic heterocycles. The average Bonchev–Trinajstić information content (AvgIpc) is 3.24. The zero-order valence-corrected chi connectivity index (χ0v) is 16.8. The molecule has 0 unspecified atom stereocenters. The third kappa shape index (κ3) is 4.67. The molecule has 0 aliphatic carbocycles. The standard InChI is InChI=1S/C25H19ClN2O2/c26-21-13-7-12-20(16-21)23-15-14-22(30-23)17-27-28-25(29)24(18-8-3-1-4-9-18)19-10-5-2-6-11-19/h1-17,24H,(H,28,29)/b27-17-. The normalized spacial score (nSPS) is 11.1. The molecule has 4 rings (SSSR count). The molecule has 4 nitrogen and oxygen atoms in total. The Hall–Kier alpha value is -3.63. The number of furan rings is 1. The second-order valence-corrected chi connectivity index (χ2v) is 7.14. The summed E-state index contributed by atoms with van der Waals surface area (Å²) in [6.07, 6.45) is 1.49. The number of hydrogen-bond donors (Lipinski definition) is 1. The van der Waals surface area contributed by atoms with Crippen molar-refractivity contribution in [3.63, 3.8) is 0 Å². The van der Waals surface area contributed by atoms with Crippen molar-refractivity contribution >= 4 is 23.7 Å². The zero-order valence-electron chi connectivity index (χ0n) is 16.0. The molecule has 3 aromatic carbocycles. The van der Waals surface area contributed by atoms with E-state index in [-0.39, 0.29) is 5.91 Å². The highest BCUT2D eigenvalue weighted by Gasteiger charge is 2.22. The number of rotatable bonds is 6. The summed E-state index contributed by atoms with van der Waals surface area (Å²) in [4.78, 5) is 12.9. The largest absolute Gasteiger partial charge is 0.455 e. The molecule has 0 aliphatic heterocycles. The van der Waals surface area contributed by atoms with Crippen LogP contribution in [0.15, 0.2) is 107 Å². The minimum absolute atomic E-state index is 0.217. The number of nitrogens with one attached hydrogen (secondary N) is 1. The molecule has 1 amide bonds. The number of carbonyl (C=O) groups excluding carboxylic acids is 1. The average molecular weight is 415 g/mol. The first kappa shape index (κ1) is 19.7. The fourth-order valence-electron chi connectivity index (χ4n) is 3.23. The minimum Gasteiger partial charge on any atom is -0.455 e. The van der Waals surface area contributed by atoms with Gasteiger partial charge in [-0.25, -0.2) is 5.43 Å². The van der Waals surface area contributed by atoms with Gasteiger partial charge in [-0.3, -0.25) is 4.79 Å². The Balaban J connectivity index is 1.49. The number of nitrogens with zero attached hydrogens (tertiary/aromatic N) is 1. The lowest BCUT2D eigenvalue weighted by molar-refractivity contribution is -0.121. The van der Waals surface area contributed by atoms with Gasteiger partial charge in [0.25, 0.3) is 5.91 Å². The van der Waals surface area contributed by atoms with E-state index in [9.17, 15) is 4.79 Å². The number of hydrazone groups is 1. The van der Waals surface area contributed by atoms with Crippen molar-refractivity contribution in [2.24, 2.45) is 5.10 Å². The molecule has 1 heterocycles. The van der Waals surface area contributed by atoms with E-state index in [1.54, 1.807) is 6.07 Å². The molecular formula is C25H19ClN2O2. The van der Waals surface area contributed by atoms with E-state index in [2.05, 4.69) is 10.5 Å². The van der Waals surface area contributed by atoms with Gasteiger partial charge in [0.1, 0.15) is 11.5 Å². The fraction of sp³-hybridized carbons (Fsp3) is 0.0400. The van der Waals surface area contributed by atoms with Crippen LogP contribution in [0.4, 0.5) is 0 Å². The van der Waals surface area contributed by atoms with Gasteiger partial charge >= 0.3 is 0 Å². The van der Waals surface area contributed by atoms with E-state index in [1.807, 2.05) is 91.0 Å². The zero-order chi connectivity index (χ0) is 20.8. The lowest BCUT2D eigenvalue weighted by Gasteiger charge is -2.16. The molecule has 4 aromatic rings. The van der Waals surface area contributed by atoms with Crippen molar-refractivity contribution in [3.8, 4) is 11.3 Å². The van der Waals surface area contributed by atoms with Crippen LogP contribution in [0, 0.1) is 0 Å². The Morgan fingerprint density at radius 3 is 2.17 bits per heavy atom. The minimum atomic E-state index is -0.455. The number of benzene rings is 3. The van der Waals surface area contributed by atoms with E-state index < -0.39 is 5.92 Å². The molecule has 0 bridgehead atoms. The third-order valence-electron chi connectivity index (χ3n) is 4.63. The number of halogens is 1. The molecule has 0 saturated carbocycles. The van der Waals surface area contributed by atoms with Gasteiger partial charge in [-0.2, -0.15) is 5.10 Å². The predicted octanol–water partition coefficient (Wildman–Crippen LogP) is 5.88. The number of hydrogen-bond acceptors (Lipinski definition) is 3. The summed E-state index contributed by atoms with van der Waals surface area (Å²) in [6.45, 7) is 0. The molecule has 5 heteroatoms. The second kappa shape index (κ2) is 9.25. The molecular weight excluding hydrogens is 396 g/mol. The van der Waals surface area contributed by atoms with Crippen molar-refractivity contribution in [3.05, 3.63) is 119 Å². The second-order valence-electron chi connectivity index (χ2n) is 6.70. The van der Waals surface area contributed by atoms with Crippen molar-refractivity contribution in [2.45, 2.75) is 5.92 Å². The van der Waals surface area contributed by atoms with Crippen LogP contribution in [-0.4, -0.2) is 12.1 Å². The van der Waals surface area contributed by atoms with Crippen LogP contribution in [-0.2, 0) is 4.79 Å². The van der Waals surface area contributed by atoms with Crippen LogP contribution in [0.5, 0.6) is 0 Å². The van der Waals surface area contributed by atoms with Gasteiger partial charge in [0.05, 0.1) is 12.1 Å². The molecule has 0 atom stereocenters. The first-order chi connectivity index (χ1) is 14.7. The van der Waals surface area contributed by atoms with Gasteiger partial charge in [-0.1, -0.05) is 84.4 Å². The Bertz CT molecular complexity index is 1110. The van der Waals surface area contributed by atoms with Crippen LogP contribution < -0.4 is 5.43 Å². The third-order valence-corrected chi connectivity index (χ3v) is 4.87. The van der Waals surface area contributed by atoms with Crippen molar-refractivity contribution in [1.29, 1.82) is 0 Å². The summed E-state index contributed by atoms with van der Waals surface area (Å²) in [7, 11) is 0. The van der Waals surface area contributed by atoms with Crippen LogP contribution in [0.3, 0.4) is 0 Å². The Morgan fingerprint density at radius 1 is 0.867 bits per heavy atom. The number of amides is 1. The van der Waals surface area contributed by atoms with E-state index in [4.69, 9.17) is 16.0 Å². The summed E-state index contributed by atoms with van der Waals surface area (Å²) in [6, 6.07) is 30.3. The molecule has 148 valence electrons. The molecule has 0 aliphatic rings. The highest BCUT2D eigenvalue weighted by Crippen LogP contribution is 2.25. The van der Waals surface area contributed by atoms with Crippen molar-refractivity contribution in [2.75, 3.05) is 0 Å². The summed E-state index contributed by atoms with van der Waals surface area (Å²) in [5, 5.41) is 4.73. The lowest BCUT2D eigenvalue weighted by atomic mass is 9.91. The van der Waals surface area contributed by atoms with Crippen LogP contribution in [0.25, 0.3) is 11.3 Å². The molecule has 0 fully saturated rings. The molecule has 0 radical (unpaired) electrons. The lowest BCUT2D eigenvalue weighted by Crippen LogP contribution is -2.26. The molecule has 0 spiro atoms. The van der Waals surface area contributed by atoms with Gasteiger partial charge in [-0.15, -0.1) is 0 Å². The quantitative estimate of drug-likeness (QED) is 0.316. The maximum absolute atomic E-state index is 12.9. The maximum atomic E-state index is 12.9. The van der Waals surface area contributed by atoms with Crippen LogP contribution in [0.1, 0.15) is 22.8 Å². The summed E-state index contributed by atoms with van der Waals surface area (Å²) in [5.74, 6) is 0.534. The van der Waals surface area contributed by atoms with Gasteiger partial charge in [0.15, 0.2) is 0 Å². The first-order valence-electron chi connectivity index (χ1n) is 9.49. The Labute approximate surface area is 179 Å². The monoisotopic (exact) mass is 414 g/mol. The van der Waals surface area contributed by atoms with Gasteiger partial charge in [0, 0.05) is 10.6 Å². The van der Waals surface area contributed by atoms with E-state index in [1.165, 1.54) is 6.21 Å². The van der Waals surface area contributed by atoms with E-state index in [0.717, 1.165) is 16.7 Å². The smallest absolute Gasteiger partial charge is 0.252 e. The maximum Gasteiger partial charge on any atom is 0.252 e. The predicted molar refractivity (Wildman–Crippen MR) is 120 cm³/mol. The fourth-order valence-corrected chi connectivity index (χ4v) is 3.42. The van der Waals surface area contributed by atoms with Crippen LogP contribution >= 0.6 is 11.6 Å². The summed E-state index contributed by atoms with van der Waals surface area (Å²) < 4.78 is 5.78. The van der Waals surface area contributed by atoms with Gasteiger partial charge in [-0.05, 0) is 35.4 Å². The van der Waals surface area contributed by atoms with Gasteiger partial charge in [0.2, 0.25) is 0 Å². The van der Waals surface area contributed by atoms with Crippen LogP contribution in [0.2, 0.25) is 5.02 Å². The number of carbonyl (C=O) groups is 1. The molecule has 30 heavy (non-hydrogen) atoms. The summed E-state index contributed by atoms with van der Waals surface area (Å²) >= 11 is 6.04. The molecule has 0 saturated heterocycles. The molecule has 1 N–H and O–H groups in total. The topological polar surface area (TPSA) is 54.6 Å². The van der Waals surface area contributed by atoms with Gasteiger partial charge < -0.3 is 4.42 Å². The highest BCUT2D eigenvalue weighted by molar-refractivity contribution is 6.30. The van der Waals surface area contributed by atoms with E-state index >= 15 is 0 Å². The van der Waals surface area contributed by atoms with Crippen molar-refractivity contribution in [1.82, 2.24) is 5.43 Å². The Kier molecular flexibility index (Phi) is 6.06. The Morgan fingerprint density at radius 2 is 1.53 bits per heavy atom. The first-order valence-corrected chi connectivity index (χ1v) is 9.87. The van der Waals surface area contributed by atoms with Crippen molar-refractivity contribution < 1.29 is 9.21 Å². The summed E-state index contributed by atoms with van der Waals surface area (Å²) in [5.41, 5.74) is 5.31. The highest BCUT2D eigenvalue weighted by atomic mass is 35.5. The SMILES string of the molecule is O=C(N/N=C\c1ccc(-c2cccc(Cl)c2)o1)C(c1ccccc1)c1ccccc1.